The lowest BCUT2D eigenvalue weighted by atomic mass is 10.00. The summed E-state index contributed by atoms with van der Waals surface area (Å²) in [5.74, 6) is -0.585. The third-order valence-corrected chi connectivity index (χ3v) is 3.87. The van der Waals surface area contributed by atoms with E-state index in [2.05, 4.69) is 6.92 Å². The molecule has 0 spiro atoms. The number of phenolic OH excluding ortho intramolecular Hbond substituents is 2. The van der Waals surface area contributed by atoms with E-state index in [1.165, 1.54) is 37.8 Å². The molecule has 3 N–H and O–H groups in total. The van der Waals surface area contributed by atoms with Crippen molar-refractivity contribution in [2.24, 2.45) is 0 Å². The van der Waals surface area contributed by atoms with Crippen molar-refractivity contribution in [2.75, 3.05) is 0 Å². The van der Waals surface area contributed by atoms with Crippen molar-refractivity contribution < 1.29 is 20.1 Å². The van der Waals surface area contributed by atoms with Crippen LogP contribution in [-0.4, -0.2) is 27.2 Å². The molecule has 0 aliphatic carbocycles. The molecule has 1 atom stereocenters. The summed E-state index contributed by atoms with van der Waals surface area (Å²) in [6.07, 6.45) is 7.52. The molecule has 1 rings (SSSR count). The highest BCUT2D eigenvalue weighted by Crippen LogP contribution is 2.25. The molecule has 22 heavy (non-hydrogen) atoms. The SMILES string of the molecule is CCCCCCCCCC(=O)C(O)Cc1ccc(O)c(O)c1. The highest BCUT2D eigenvalue weighted by molar-refractivity contribution is 5.83. The zero-order valence-electron chi connectivity index (χ0n) is 13.4. The van der Waals surface area contributed by atoms with Crippen molar-refractivity contribution >= 4 is 5.78 Å². The number of rotatable bonds is 11. The molecule has 0 saturated carbocycles. The highest BCUT2D eigenvalue weighted by atomic mass is 16.3. The fourth-order valence-corrected chi connectivity index (χ4v) is 2.46. The molecule has 0 aliphatic rings. The second-order valence-electron chi connectivity index (χ2n) is 5.88. The number of carbonyl (C=O) groups is 1. The summed E-state index contributed by atoms with van der Waals surface area (Å²) in [5, 5.41) is 28.5. The van der Waals surface area contributed by atoms with Crippen molar-refractivity contribution in [1.82, 2.24) is 0 Å². The molecule has 0 fully saturated rings. The van der Waals surface area contributed by atoms with Gasteiger partial charge in [-0.25, -0.2) is 0 Å². The molecule has 0 aromatic heterocycles. The van der Waals surface area contributed by atoms with Gasteiger partial charge in [-0.15, -0.1) is 0 Å². The molecule has 4 nitrogen and oxygen atoms in total. The maximum absolute atomic E-state index is 11.9. The first kappa shape index (κ1) is 18.5. The lowest BCUT2D eigenvalue weighted by molar-refractivity contribution is -0.127. The van der Waals surface area contributed by atoms with Gasteiger partial charge in [0.25, 0.3) is 0 Å². The third kappa shape index (κ3) is 6.94. The van der Waals surface area contributed by atoms with E-state index in [-0.39, 0.29) is 23.7 Å². The van der Waals surface area contributed by atoms with Gasteiger partial charge >= 0.3 is 0 Å². The minimum atomic E-state index is -1.04. The van der Waals surface area contributed by atoms with E-state index in [0.717, 1.165) is 19.3 Å². The van der Waals surface area contributed by atoms with E-state index in [4.69, 9.17) is 0 Å². The number of aliphatic hydroxyl groups is 1. The summed E-state index contributed by atoms with van der Waals surface area (Å²) < 4.78 is 0. The number of ketones is 1. The van der Waals surface area contributed by atoms with E-state index in [9.17, 15) is 20.1 Å². The van der Waals surface area contributed by atoms with Crippen molar-refractivity contribution in [1.29, 1.82) is 0 Å². The molecule has 0 heterocycles. The van der Waals surface area contributed by atoms with Crippen LogP contribution < -0.4 is 0 Å². The molecule has 0 radical (unpaired) electrons. The predicted octanol–water partition coefficient (Wildman–Crippen LogP) is 3.71. The van der Waals surface area contributed by atoms with Gasteiger partial charge in [-0.1, -0.05) is 51.5 Å². The van der Waals surface area contributed by atoms with Crippen LogP contribution in [0.3, 0.4) is 0 Å². The van der Waals surface area contributed by atoms with Crippen LogP contribution in [0.2, 0.25) is 0 Å². The zero-order chi connectivity index (χ0) is 16.4. The van der Waals surface area contributed by atoms with Gasteiger partial charge in [0.05, 0.1) is 0 Å². The van der Waals surface area contributed by atoms with Crippen LogP contribution >= 0.6 is 0 Å². The second kappa shape index (κ2) is 10.2. The van der Waals surface area contributed by atoms with E-state index < -0.39 is 6.10 Å². The van der Waals surface area contributed by atoms with Crippen molar-refractivity contribution in [2.45, 2.75) is 70.8 Å². The van der Waals surface area contributed by atoms with Gasteiger partial charge in [-0.2, -0.15) is 0 Å². The third-order valence-electron chi connectivity index (χ3n) is 3.87. The summed E-state index contributed by atoms with van der Waals surface area (Å²) in [7, 11) is 0. The van der Waals surface area contributed by atoms with Crippen LogP contribution in [0.1, 0.15) is 63.9 Å². The molecule has 0 aliphatic heterocycles. The molecule has 1 aromatic carbocycles. The van der Waals surface area contributed by atoms with E-state index in [1.54, 1.807) is 6.07 Å². The summed E-state index contributed by atoms with van der Waals surface area (Å²) in [5.41, 5.74) is 0.635. The van der Waals surface area contributed by atoms with E-state index >= 15 is 0 Å². The number of hydrogen-bond donors (Lipinski definition) is 3. The Balaban J connectivity index is 2.23. The fraction of sp³-hybridized carbons (Fsp3) is 0.611. The molecule has 124 valence electrons. The minimum Gasteiger partial charge on any atom is -0.504 e. The van der Waals surface area contributed by atoms with Crippen LogP contribution in [-0.2, 0) is 11.2 Å². The predicted molar refractivity (Wildman–Crippen MR) is 87.1 cm³/mol. The largest absolute Gasteiger partial charge is 0.504 e. The van der Waals surface area contributed by atoms with E-state index in [0.29, 0.717) is 12.0 Å². The Kier molecular flexibility index (Phi) is 8.60. The maximum Gasteiger partial charge on any atom is 0.161 e. The minimum absolute atomic E-state index is 0.152. The van der Waals surface area contributed by atoms with Crippen LogP contribution in [0.15, 0.2) is 18.2 Å². The van der Waals surface area contributed by atoms with Gasteiger partial charge < -0.3 is 15.3 Å². The topological polar surface area (TPSA) is 77.8 Å². The molecular weight excluding hydrogens is 280 g/mol. The Morgan fingerprint density at radius 2 is 1.64 bits per heavy atom. The zero-order valence-corrected chi connectivity index (χ0v) is 13.4. The summed E-state index contributed by atoms with van der Waals surface area (Å²) >= 11 is 0. The van der Waals surface area contributed by atoms with Crippen LogP contribution in [0.25, 0.3) is 0 Å². The normalized spacial score (nSPS) is 12.3. The lowest BCUT2D eigenvalue weighted by Gasteiger charge is -2.10. The molecule has 0 saturated heterocycles. The molecule has 4 heteroatoms. The average Bonchev–Trinajstić information content (AvgIpc) is 2.49. The molecule has 1 aromatic rings. The first-order chi connectivity index (χ1) is 10.5. The average molecular weight is 308 g/mol. The number of hydrogen-bond acceptors (Lipinski definition) is 4. The van der Waals surface area contributed by atoms with Gasteiger partial charge in [0, 0.05) is 12.8 Å². The van der Waals surface area contributed by atoms with Crippen molar-refractivity contribution in [3.63, 3.8) is 0 Å². The highest BCUT2D eigenvalue weighted by Gasteiger charge is 2.15. The Morgan fingerprint density at radius 3 is 2.27 bits per heavy atom. The molecule has 0 bridgehead atoms. The second-order valence-corrected chi connectivity index (χ2v) is 5.88. The maximum atomic E-state index is 11.9. The number of unbranched alkanes of at least 4 members (excludes halogenated alkanes) is 6. The fourth-order valence-electron chi connectivity index (χ4n) is 2.46. The summed E-state index contributed by atoms with van der Waals surface area (Å²) in [4.78, 5) is 11.9. The van der Waals surface area contributed by atoms with Gasteiger partial charge in [0.1, 0.15) is 6.10 Å². The summed E-state index contributed by atoms with van der Waals surface area (Å²) in [6, 6.07) is 4.33. The van der Waals surface area contributed by atoms with Gasteiger partial charge in [0.15, 0.2) is 17.3 Å². The number of benzene rings is 1. The Bertz CT molecular complexity index is 456. The summed E-state index contributed by atoms with van der Waals surface area (Å²) in [6.45, 7) is 2.19. The number of aromatic hydroxyl groups is 2. The standard InChI is InChI=1S/C18H28O4/c1-2-3-4-5-6-7-8-9-15(19)17(21)12-14-10-11-16(20)18(22)13-14/h10-11,13,17,20-22H,2-9,12H2,1H3. The smallest absolute Gasteiger partial charge is 0.161 e. The van der Waals surface area contributed by atoms with Crippen LogP contribution in [0.5, 0.6) is 11.5 Å². The first-order valence-electron chi connectivity index (χ1n) is 8.26. The monoisotopic (exact) mass is 308 g/mol. The van der Waals surface area contributed by atoms with Gasteiger partial charge in [0.2, 0.25) is 0 Å². The number of phenols is 2. The lowest BCUT2D eigenvalue weighted by Crippen LogP contribution is -2.22. The number of Topliss-reactive ketones (excluding diaryl/α,β-unsaturated/α-hetero) is 1. The van der Waals surface area contributed by atoms with Crippen molar-refractivity contribution in [3.8, 4) is 11.5 Å². The Morgan fingerprint density at radius 1 is 1.00 bits per heavy atom. The van der Waals surface area contributed by atoms with Gasteiger partial charge in [-0.3, -0.25) is 4.79 Å². The molecule has 0 amide bonds. The molecular formula is C18H28O4. The first-order valence-corrected chi connectivity index (χ1v) is 8.26. The van der Waals surface area contributed by atoms with Gasteiger partial charge in [-0.05, 0) is 24.1 Å². The quantitative estimate of drug-likeness (QED) is 0.430. The van der Waals surface area contributed by atoms with Crippen molar-refractivity contribution in [3.05, 3.63) is 23.8 Å². The van der Waals surface area contributed by atoms with E-state index in [1.807, 2.05) is 0 Å². The van der Waals surface area contributed by atoms with Crippen LogP contribution in [0.4, 0.5) is 0 Å². The molecule has 1 unspecified atom stereocenters. The van der Waals surface area contributed by atoms with Crippen LogP contribution in [0, 0.1) is 0 Å². The number of carbonyl (C=O) groups excluding carboxylic acids is 1. The number of aliphatic hydroxyl groups excluding tert-OH is 1. The Labute approximate surface area is 132 Å². The Hall–Kier alpha value is -1.55.